The second-order valence-electron chi connectivity index (χ2n) is 9.19. The van der Waals surface area contributed by atoms with Gasteiger partial charge in [0.2, 0.25) is 17.4 Å². The zero-order valence-electron chi connectivity index (χ0n) is 19.7. The lowest BCUT2D eigenvalue weighted by molar-refractivity contribution is -0.138. The SMILES string of the molecule is Cc1c(F)ccc2c1C1(CCCCC1)C(=O)N2CC(=O)NCC(F)(F)F.O=c1ccc2c([nH]1)CNN2. The zero-order valence-corrected chi connectivity index (χ0v) is 19.7. The number of pyridine rings is 1. The second-order valence-corrected chi connectivity index (χ2v) is 9.19. The highest BCUT2D eigenvalue weighted by molar-refractivity contribution is 6.11. The van der Waals surface area contributed by atoms with E-state index in [1.807, 2.05) is 0 Å². The first-order valence-electron chi connectivity index (χ1n) is 11.7. The maximum Gasteiger partial charge on any atom is 0.405 e. The van der Waals surface area contributed by atoms with Gasteiger partial charge in [0.15, 0.2) is 0 Å². The maximum absolute atomic E-state index is 14.1. The van der Waals surface area contributed by atoms with Crippen LogP contribution in [-0.2, 0) is 21.5 Å². The molecular weight excluding hydrogens is 482 g/mol. The summed E-state index contributed by atoms with van der Waals surface area (Å²) in [6.07, 6.45) is -0.796. The van der Waals surface area contributed by atoms with Crippen LogP contribution in [-0.4, -0.2) is 36.1 Å². The van der Waals surface area contributed by atoms with Gasteiger partial charge in [0, 0.05) is 11.8 Å². The number of hydrogen-bond acceptors (Lipinski definition) is 5. The van der Waals surface area contributed by atoms with Gasteiger partial charge in [-0.25, -0.2) is 9.82 Å². The van der Waals surface area contributed by atoms with E-state index in [0.29, 0.717) is 36.2 Å². The molecule has 0 saturated heterocycles. The molecule has 194 valence electrons. The Balaban J connectivity index is 0.000000251. The van der Waals surface area contributed by atoms with Crippen molar-refractivity contribution in [1.29, 1.82) is 0 Å². The number of hydrogen-bond donors (Lipinski definition) is 4. The Morgan fingerprint density at radius 1 is 1.11 bits per heavy atom. The molecule has 1 aromatic carbocycles. The van der Waals surface area contributed by atoms with Gasteiger partial charge < -0.3 is 20.6 Å². The van der Waals surface area contributed by atoms with Gasteiger partial charge in [-0.05, 0) is 49.1 Å². The molecule has 0 unspecified atom stereocenters. The number of carbonyl (C=O) groups is 2. The first kappa shape index (κ1) is 25.7. The van der Waals surface area contributed by atoms with E-state index in [-0.39, 0.29) is 11.5 Å². The predicted molar refractivity (Wildman–Crippen MR) is 125 cm³/mol. The van der Waals surface area contributed by atoms with Crippen molar-refractivity contribution in [2.24, 2.45) is 0 Å². The van der Waals surface area contributed by atoms with Gasteiger partial charge in [-0.15, -0.1) is 0 Å². The molecule has 0 bridgehead atoms. The summed E-state index contributed by atoms with van der Waals surface area (Å²) in [6.45, 7) is 0.333. The number of benzene rings is 1. The average molecular weight is 510 g/mol. The molecule has 2 aromatic rings. The van der Waals surface area contributed by atoms with Crippen LogP contribution in [0, 0.1) is 12.7 Å². The van der Waals surface area contributed by atoms with Crippen LogP contribution < -0.4 is 26.6 Å². The third kappa shape index (κ3) is 5.08. The molecule has 12 heteroatoms. The fourth-order valence-electron chi connectivity index (χ4n) is 5.15. The molecule has 1 aliphatic carbocycles. The van der Waals surface area contributed by atoms with Crippen LogP contribution in [0.3, 0.4) is 0 Å². The molecular formula is C24H27F4N5O3. The van der Waals surface area contributed by atoms with Crippen molar-refractivity contribution in [2.45, 2.75) is 57.2 Å². The van der Waals surface area contributed by atoms with Crippen molar-refractivity contribution in [2.75, 3.05) is 23.4 Å². The highest BCUT2D eigenvalue weighted by Gasteiger charge is 2.52. The number of anilines is 2. The first-order valence-corrected chi connectivity index (χ1v) is 11.7. The Morgan fingerprint density at radius 2 is 1.83 bits per heavy atom. The molecule has 0 radical (unpaired) electrons. The number of fused-ring (bicyclic) bond motifs is 3. The lowest BCUT2D eigenvalue weighted by atomic mass is 9.69. The average Bonchev–Trinajstić information content (AvgIpc) is 3.38. The molecule has 1 saturated carbocycles. The number of rotatable bonds is 3. The van der Waals surface area contributed by atoms with Gasteiger partial charge in [0.1, 0.15) is 18.9 Å². The number of aromatic amines is 1. The fraction of sp³-hybridized carbons (Fsp3) is 0.458. The van der Waals surface area contributed by atoms with Gasteiger partial charge in [-0.2, -0.15) is 13.2 Å². The smallest absolute Gasteiger partial charge is 0.345 e. The first-order chi connectivity index (χ1) is 17.0. The summed E-state index contributed by atoms with van der Waals surface area (Å²) in [5.74, 6) is -1.63. The minimum Gasteiger partial charge on any atom is -0.345 e. The number of halogens is 4. The molecule has 2 amide bonds. The fourth-order valence-corrected chi connectivity index (χ4v) is 5.15. The Bertz CT molecular complexity index is 1220. The summed E-state index contributed by atoms with van der Waals surface area (Å²) in [4.78, 5) is 39.7. The van der Waals surface area contributed by atoms with E-state index in [1.54, 1.807) is 18.3 Å². The summed E-state index contributed by atoms with van der Waals surface area (Å²) >= 11 is 0. The monoisotopic (exact) mass is 509 g/mol. The number of nitrogens with one attached hydrogen (secondary N) is 4. The Morgan fingerprint density at radius 3 is 2.53 bits per heavy atom. The lowest BCUT2D eigenvalue weighted by Gasteiger charge is -2.33. The number of aromatic nitrogens is 1. The zero-order chi connectivity index (χ0) is 26.1. The van der Waals surface area contributed by atoms with Gasteiger partial charge in [-0.3, -0.25) is 14.4 Å². The number of alkyl halides is 3. The van der Waals surface area contributed by atoms with E-state index in [0.717, 1.165) is 30.6 Å². The third-order valence-corrected chi connectivity index (χ3v) is 6.78. The van der Waals surface area contributed by atoms with Crippen molar-refractivity contribution in [1.82, 2.24) is 15.7 Å². The van der Waals surface area contributed by atoms with Crippen molar-refractivity contribution >= 4 is 23.2 Å². The van der Waals surface area contributed by atoms with Crippen molar-refractivity contribution in [3.8, 4) is 0 Å². The maximum atomic E-state index is 14.1. The normalized spacial score (nSPS) is 17.7. The molecule has 3 heterocycles. The van der Waals surface area contributed by atoms with Crippen LogP contribution in [0.25, 0.3) is 0 Å². The standard InChI is InChI=1S/C18H20F4N2O2.C6H7N3O/c1-11-12(19)5-6-13-15(11)17(7-3-2-4-8-17)16(26)24(13)9-14(25)23-10-18(20,21)22;10-6-2-1-4-5(8-6)3-7-9-4/h5-6H,2-4,7-10H2,1H3,(H,23,25);1-2,7,9H,3H2,(H,8,10). The van der Waals surface area contributed by atoms with Gasteiger partial charge in [0.05, 0.1) is 23.3 Å². The highest BCUT2D eigenvalue weighted by atomic mass is 19.4. The van der Waals surface area contributed by atoms with Crippen molar-refractivity contribution in [3.05, 3.63) is 57.3 Å². The van der Waals surface area contributed by atoms with Crippen LogP contribution in [0.15, 0.2) is 29.1 Å². The van der Waals surface area contributed by atoms with E-state index >= 15 is 0 Å². The van der Waals surface area contributed by atoms with E-state index in [4.69, 9.17) is 0 Å². The van der Waals surface area contributed by atoms with Crippen LogP contribution >= 0.6 is 0 Å². The van der Waals surface area contributed by atoms with E-state index in [2.05, 4.69) is 15.8 Å². The molecule has 5 rings (SSSR count). The number of H-pyrrole nitrogens is 1. The topological polar surface area (TPSA) is 106 Å². The quantitative estimate of drug-likeness (QED) is 0.476. The molecule has 8 nitrogen and oxygen atoms in total. The number of hydrazine groups is 1. The van der Waals surface area contributed by atoms with Crippen LogP contribution in [0.2, 0.25) is 0 Å². The predicted octanol–water partition coefficient (Wildman–Crippen LogP) is 3.17. The third-order valence-electron chi connectivity index (χ3n) is 6.78. The molecule has 1 fully saturated rings. The van der Waals surface area contributed by atoms with Gasteiger partial charge >= 0.3 is 6.18 Å². The summed E-state index contributed by atoms with van der Waals surface area (Å²) < 4.78 is 51.0. The van der Waals surface area contributed by atoms with Crippen LogP contribution in [0.4, 0.5) is 28.9 Å². The van der Waals surface area contributed by atoms with E-state index in [1.165, 1.54) is 23.1 Å². The summed E-state index contributed by atoms with van der Waals surface area (Å²) in [7, 11) is 0. The van der Waals surface area contributed by atoms with Gasteiger partial charge in [0.25, 0.3) is 0 Å². The van der Waals surface area contributed by atoms with Gasteiger partial charge in [-0.1, -0.05) is 19.3 Å². The minimum absolute atomic E-state index is 0.0516. The summed E-state index contributed by atoms with van der Waals surface area (Å²) in [6, 6.07) is 5.92. The minimum atomic E-state index is -4.52. The van der Waals surface area contributed by atoms with Crippen molar-refractivity contribution in [3.63, 3.8) is 0 Å². The van der Waals surface area contributed by atoms with Crippen LogP contribution in [0.1, 0.15) is 48.9 Å². The molecule has 0 atom stereocenters. The molecule has 1 aromatic heterocycles. The molecule has 2 aliphatic heterocycles. The molecule has 4 N–H and O–H groups in total. The Kier molecular flexibility index (Phi) is 7.07. The number of amides is 2. The Labute approximate surface area is 204 Å². The summed E-state index contributed by atoms with van der Waals surface area (Å²) in [5.41, 5.74) is 8.15. The highest BCUT2D eigenvalue weighted by Crippen LogP contribution is 2.51. The Hall–Kier alpha value is -3.41. The molecule has 3 aliphatic rings. The molecule has 36 heavy (non-hydrogen) atoms. The summed E-state index contributed by atoms with van der Waals surface area (Å²) in [5, 5.41) is 1.79. The lowest BCUT2D eigenvalue weighted by Crippen LogP contribution is -2.46. The number of nitrogens with zero attached hydrogens (tertiary/aromatic N) is 1. The number of carbonyl (C=O) groups excluding carboxylic acids is 2. The van der Waals surface area contributed by atoms with Crippen molar-refractivity contribution < 1.29 is 27.2 Å². The largest absolute Gasteiger partial charge is 0.405 e. The van der Waals surface area contributed by atoms with E-state index < -0.39 is 36.4 Å². The second kappa shape index (κ2) is 9.92. The molecule has 1 spiro atoms. The van der Waals surface area contributed by atoms with E-state index in [9.17, 15) is 31.9 Å². The van der Waals surface area contributed by atoms with Crippen LogP contribution in [0.5, 0.6) is 0 Å².